The van der Waals surface area contributed by atoms with Gasteiger partial charge in [-0.3, -0.25) is 0 Å². The first-order chi connectivity index (χ1) is 23.4. The Morgan fingerprint density at radius 3 is 1.65 bits per heavy atom. The van der Waals surface area contributed by atoms with Crippen molar-refractivity contribution in [3.8, 4) is 68.7 Å². The largest absolute Gasteiger partial charge is 0.493 e. The Kier molecular flexibility index (Phi) is 11.1. The normalized spacial score (nSPS) is 11.4. The lowest BCUT2D eigenvalue weighted by atomic mass is 10.1. The number of nitrogens with zero attached hydrogens (tertiary/aromatic N) is 1. The number of rotatable bonds is 16. The molecule has 1 unspecified atom stereocenters. The molecule has 0 saturated heterocycles. The fourth-order valence-electron chi connectivity index (χ4n) is 5.09. The van der Waals surface area contributed by atoms with Crippen LogP contribution < -0.4 is 37.9 Å². The number of aromatic nitrogens is 1. The molecule has 0 amide bonds. The molecule has 11 heteroatoms. The van der Waals surface area contributed by atoms with E-state index in [0.29, 0.717) is 70.4 Å². The van der Waals surface area contributed by atoms with Crippen LogP contribution in [0.3, 0.4) is 0 Å². The van der Waals surface area contributed by atoms with E-state index in [1.807, 2.05) is 48.5 Å². The first kappa shape index (κ1) is 33.8. The first-order valence-corrected chi connectivity index (χ1v) is 15.1. The fourth-order valence-corrected chi connectivity index (χ4v) is 5.09. The fraction of sp³-hybridized carbons (Fsp3) is 0.270. The average Bonchev–Trinajstić information content (AvgIpc) is 3.63. The number of hydrogen-bond donors (Lipinski definition) is 1. The lowest BCUT2D eigenvalue weighted by Gasteiger charge is -2.17. The molecule has 5 aromatic rings. The zero-order valence-electron chi connectivity index (χ0n) is 27.8. The Labute approximate surface area is 279 Å². The van der Waals surface area contributed by atoms with E-state index in [1.165, 1.54) is 21.3 Å². The van der Waals surface area contributed by atoms with Gasteiger partial charge in [-0.1, -0.05) is 0 Å². The van der Waals surface area contributed by atoms with Crippen molar-refractivity contribution in [3.05, 3.63) is 90.2 Å². The number of ether oxygens (including phenoxy) is 8. The molecule has 1 atom stereocenters. The second-order valence-electron chi connectivity index (χ2n) is 10.5. The Balaban J connectivity index is 1.15. The lowest BCUT2D eigenvalue weighted by Crippen LogP contribution is -2.10. The highest BCUT2D eigenvalue weighted by Crippen LogP contribution is 2.40. The summed E-state index contributed by atoms with van der Waals surface area (Å²) in [4.78, 5) is 4.66. The van der Waals surface area contributed by atoms with Crippen molar-refractivity contribution in [2.45, 2.75) is 12.5 Å². The zero-order valence-corrected chi connectivity index (χ0v) is 27.8. The number of methoxy groups -OCH3 is 6. The summed E-state index contributed by atoms with van der Waals surface area (Å²) >= 11 is 0. The molecule has 0 radical (unpaired) electrons. The molecule has 252 valence electrons. The van der Waals surface area contributed by atoms with Gasteiger partial charge in [-0.15, -0.1) is 0 Å². The topological polar surface area (TPSA) is 120 Å². The van der Waals surface area contributed by atoms with Gasteiger partial charge in [-0.05, 0) is 83.9 Å². The Bertz CT molecular complexity index is 1730. The van der Waals surface area contributed by atoms with Gasteiger partial charge in [-0.2, -0.15) is 0 Å². The minimum Gasteiger partial charge on any atom is -0.493 e. The smallest absolute Gasteiger partial charge is 0.226 e. The molecular formula is C37H39NO10. The maximum Gasteiger partial charge on any atom is 0.226 e. The third kappa shape index (κ3) is 7.69. The van der Waals surface area contributed by atoms with E-state index in [2.05, 4.69) is 4.98 Å². The van der Waals surface area contributed by atoms with Crippen LogP contribution in [0.4, 0.5) is 0 Å². The molecule has 0 bridgehead atoms. The van der Waals surface area contributed by atoms with E-state index in [-0.39, 0.29) is 6.61 Å². The standard InChI is InChI=1S/C37H39NO10/c1-40-31-17-23(18-32(41-2)35(31)44-5)15-16-46-27-11-7-24(8-12-27)29-21-48-37(38-29)25-9-13-28(14-10-25)47-22-30(39)26-19-33(42-3)36(45-6)34(20-26)43-4/h7-14,17-21,30,39H,15-16,22H2,1-6H3. The first-order valence-electron chi connectivity index (χ1n) is 15.1. The van der Waals surface area contributed by atoms with Gasteiger partial charge < -0.3 is 47.4 Å². The summed E-state index contributed by atoms with van der Waals surface area (Å²) in [7, 11) is 9.35. The van der Waals surface area contributed by atoms with Gasteiger partial charge in [0.1, 0.15) is 36.2 Å². The summed E-state index contributed by atoms with van der Waals surface area (Å²) in [6.07, 6.45) is 1.35. The minimum absolute atomic E-state index is 0.0197. The van der Waals surface area contributed by atoms with Gasteiger partial charge in [0.05, 0.1) is 49.3 Å². The number of aliphatic hydroxyl groups is 1. The number of oxazole rings is 1. The second kappa shape index (κ2) is 15.8. The van der Waals surface area contributed by atoms with Crippen LogP contribution >= 0.6 is 0 Å². The van der Waals surface area contributed by atoms with Crippen molar-refractivity contribution < 1.29 is 47.4 Å². The third-order valence-corrected chi connectivity index (χ3v) is 7.62. The average molecular weight is 658 g/mol. The molecule has 48 heavy (non-hydrogen) atoms. The molecule has 1 heterocycles. The van der Waals surface area contributed by atoms with Crippen LogP contribution in [0.5, 0.6) is 46.0 Å². The molecule has 4 aromatic carbocycles. The van der Waals surface area contributed by atoms with E-state index in [0.717, 1.165) is 22.4 Å². The van der Waals surface area contributed by atoms with Gasteiger partial charge in [-0.25, -0.2) is 4.98 Å². The molecule has 0 aliphatic carbocycles. The molecule has 0 saturated carbocycles. The molecule has 0 fully saturated rings. The van der Waals surface area contributed by atoms with E-state index in [9.17, 15) is 5.11 Å². The molecule has 1 N–H and O–H groups in total. The zero-order chi connectivity index (χ0) is 34.0. The highest BCUT2D eigenvalue weighted by molar-refractivity contribution is 5.64. The van der Waals surface area contributed by atoms with E-state index in [1.54, 1.807) is 51.9 Å². The van der Waals surface area contributed by atoms with Crippen molar-refractivity contribution in [2.24, 2.45) is 0 Å². The van der Waals surface area contributed by atoms with Crippen LogP contribution in [0.1, 0.15) is 17.2 Å². The summed E-state index contributed by atoms with van der Waals surface area (Å²) in [5, 5.41) is 10.8. The molecule has 0 spiro atoms. The number of hydrogen-bond acceptors (Lipinski definition) is 11. The van der Waals surface area contributed by atoms with Crippen LogP contribution in [0, 0.1) is 0 Å². The van der Waals surface area contributed by atoms with Crippen molar-refractivity contribution in [2.75, 3.05) is 55.9 Å². The predicted octanol–water partition coefficient (Wildman–Crippen LogP) is 6.79. The van der Waals surface area contributed by atoms with Crippen molar-refractivity contribution in [1.82, 2.24) is 4.98 Å². The minimum atomic E-state index is -0.925. The number of aliphatic hydroxyl groups excluding tert-OH is 1. The van der Waals surface area contributed by atoms with Gasteiger partial charge >= 0.3 is 0 Å². The Morgan fingerprint density at radius 1 is 0.625 bits per heavy atom. The summed E-state index contributed by atoms with van der Waals surface area (Å²) in [5.74, 6) is 4.92. The quantitative estimate of drug-likeness (QED) is 0.121. The summed E-state index contributed by atoms with van der Waals surface area (Å²) in [6.45, 7) is 0.488. The maximum atomic E-state index is 10.8. The molecule has 5 rings (SSSR count). The highest BCUT2D eigenvalue weighted by Gasteiger charge is 2.18. The van der Waals surface area contributed by atoms with Crippen molar-refractivity contribution in [3.63, 3.8) is 0 Å². The van der Waals surface area contributed by atoms with Gasteiger partial charge in [0, 0.05) is 17.5 Å². The monoisotopic (exact) mass is 657 g/mol. The highest BCUT2D eigenvalue weighted by atomic mass is 16.5. The van der Waals surface area contributed by atoms with Gasteiger partial charge in [0.15, 0.2) is 23.0 Å². The van der Waals surface area contributed by atoms with Gasteiger partial charge in [0.25, 0.3) is 0 Å². The molecule has 0 aliphatic rings. The number of benzene rings is 4. The molecular weight excluding hydrogens is 618 g/mol. The lowest BCUT2D eigenvalue weighted by molar-refractivity contribution is 0.107. The summed E-state index contributed by atoms with van der Waals surface area (Å²) in [5.41, 5.74) is 3.95. The van der Waals surface area contributed by atoms with Crippen molar-refractivity contribution >= 4 is 0 Å². The summed E-state index contributed by atoms with van der Waals surface area (Å²) in [6, 6.07) is 22.2. The van der Waals surface area contributed by atoms with E-state index in [4.69, 9.17) is 42.3 Å². The summed E-state index contributed by atoms with van der Waals surface area (Å²) < 4.78 is 50.0. The van der Waals surface area contributed by atoms with Crippen LogP contribution in [0.15, 0.2) is 83.5 Å². The maximum absolute atomic E-state index is 10.8. The predicted molar refractivity (Wildman–Crippen MR) is 179 cm³/mol. The molecule has 1 aromatic heterocycles. The van der Waals surface area contributed by atoms with Crippen LogP contribution in [-0.4, -0.2) is 66.0 Å². The SMILES string of the molecule is COc1cc(CCOc2ccc(-c3coc(-c4ccc(OCC(O)c5cc(OC)c(OC)c(OC)c5)cc4)n3)cc2)cc(OC)c1OC. The van der Waals surface area contributed by atoms with E-state index < -0.39 is 6.10 Å². The second-order valence-corrected chi connectivity index (χ2v) is 10.5. The van der Waals surface area contributed by atoms with Crippen LogP contribution in [-0.2, 0) is 6.42 Å². The van der Waals surface area contributed by atoms with Gasteiger partial charge in [0.2, 0.25) is 17.4 Å². The van der Waals surface area contributed by atoms with Crippen molar-refractivity contribution in [1.29, 1.82) is 0 Å². The van der Waals surface area contributed by atoms with E-state index >= 15 is 0 Å². The Hall–Kier alpha value is -5.55. The Morgan fingerprint density at radius 2 is 1.12 bits per heavy atom. The molecule has 11 nitrogen and oxygen atoms in total. The van der Waals surface area contributed by atoms with Crippen LogP contribution in [0.25, 0.3) is 22.7 Å². The van der Waals surface area contributed by atoms with Crippen LogP contribution in [0.2, 0.25) is 0 Å². The third-order valence-electron chi connectivity index (χ3n) is 7.62. The molecule has 0 aliphatic heterocycles.